The first-order valence-electron chi connectivity index (χ1n) is 5.89. The number of hydrogen-bond donors (Lipinski definition) is 0. The molecule has 0 fully saturated rings. The zero-order chi connectivity index (χ0) is 14.8. The van der Waals surface area contributed by atoms with E-state index in [9.17, 15) is 16.8 Å². The lowest BCUT2D eigenvalue weighted by Crippen LogP contribution is -2.40. The van der Waals surface area contributed by atoms with Crippen LogP contribution in [-0.4, -0.2) is 34.9 Å². The lowest BCUT2D eigenvalue weighted by Gasteiger charge is -2.23. The number of benzene rings is 1. The Morgan fingerprint density at radius 3 is 2.35 bits per heavy atom. The maximum atomic E-state index is 12.4. The molecule has 1 aromatic carbocycles. The highest BCUT2D eigenvalue weighted by Crippen LogP contribution is 2.23. The Hall–Kier alpha value is -1.54. The molecule has 1 aliphatic heterocycles. The van der Waals surface area contributed by atoms with Crippen molar-refractivity contribution in [2.24, 2.45) is 0 Å². The molecule has 0 N–H and O–H groups in total. The fourth-order valence-electron chi connectivity index (χ4n) is 1.95. The van der Waals surface area contributed by atoms with Crippen LogP contribution in [0.3, 0.4) is 0 Å². The highest BCUT2D eigenvalue weighted by Gasteiger charge is 2.34. The van der Waals surface area contributed by atoms with Gasteiger partial charge in [-0.2, -0.15) is 3.71 Å². The standard InChI is InChI=1S/C12H15NO5S2/c1-19(14,15)13(11-6-3-2-4-7-11)20(16,17)10-12-8-5-9-18-12/h2-7,9,12H,8,10H2,1H3. The monoisotopic (exact) mass is 317 g/mol. The normalized spacial score (nSPS) is 18.8. The minimum absolute atomic E-state index is 0.0981. The number of ether oxygens (including phenoxy) is 1. The molecule has 1 aliphatic rings. The first-order chi connectivity index (χ1) is 9.31. The van der Waals surface area contributed by atoms with Gasteiger partial charge in [0.1, 0.15) is 11.9 Å². The van der Waals surface area contributed by atoms with Gasteiger partial charge in [0, 0.05) is 6.42 Å². The van der Waals surface area contributed by atoms with Gasteiger partial charge in [-0.25, -0.2) is 16.8 Å². The summed E-state index contributed by atoms with van der Waals surface area (Å²) in [5, 5.41) is 0. The molecule has 1 aromatic rings. The van der Waals surface area contributed by atoms with Gasteiger partial charge in [-0.15, -0.1) is 0 Å². The molecule has 0 aromatic heterocycles. The number of hydrogen-bond acceptors (Lipinski definition) is 5. The second-order valence-electron chi connectivity index (χ2n) is 4.44. The van der Waals surface area contributed by atoms with E-state index in [1.165, 1.54) is 18.4 Å². The summed E-state index contributed by atoms with van der Waals surface area (Å²) < 4.78 is 54.0. The van der Waals surface area contributed by atoms with Crippen LogP contribution in [0.1, 0.15) is 6.42 Å². The fourth-order valence-corrected chi connectivity index (χ4v) is 5.55. The van der Waals surface area contributed by atoms with E-state index in [1.807, 2.05) is 0 Å². The molecule has 2 rings (SSSR count). The number of para-hydroxylation sites is 1. The predicted molar refractivity (Wildman–Crippen MR) is 76.2 cm³/mol. The van der Waals surface area contributed by atoms with E-state index in [4.69, 9.17) is 4.74 Å². The van der Waals surface area contributed by atoms with Crippen LogP contribution in [0.2, 0.25) is 0 Å². The maximum absolute atomic E-state index is 12.4. The van der Waals surface area contributed by atoms with E-state index in [-0.39, 0.29) is 11.4 Å². The second-order valence-corrected chi connectivity index (χ2v) is 8.36. The van der Waals surface area contributed by atoms with Crippen molar-refractivity contribution in [1.29, 1.82) is 0 Å². The molecule has 0 radical (unpaired) electrons. The molecule has 6 nitrogen and oxygen atoms in total. The van der Waals surface area contributed by atoms with Gasteiger partial charge in [-0.1, -0.05) is 18.2 Å². The highest BCUT2D eigenvalue weighted by atomic mass is 32.3. The third-order valence-electron chi connectivity index (χ3n) is 2.68. The molecule has 20 heavy (non-hydrogen) atoms. The zero-order valence-electron chi connectivity index (χ0n) is 10.8. The number of nitrogens with zero attached hydrogens (tertiary/aromatic N) is 1. The summed E-state index contributed by atoms with van der Waals surface area (Å²) in [6.07, 6.45) is 3.89. The van der Waals surface area contributed by atoms with E-state index in [0.29, 0.717) is 10.1 Å². The predicted octanol–water partition coefficient (Wildman–Crippen LogP) is 1.09. The minimum atomic E-state index is -4.04. The summed E-state index contributed by atoms with van der Waals surface area (Å²) in [7, 11) is -7.98. The Morgan fingerprint density at radius 2 is 1.85 bits per heavy atom. The van der Waals surface area contributed by atoms with E-state index in [0.717, 1.165) is 6.26 Å². The smallest absolute Gasteiger partial charge is 0.251 e. The Kier molecular flexibility index (Phi) is 4.05. The molecule has 0 saturated heterocycles. The summed E-state index contributed by atoms with van der Waals surface area (Å²) >= 11 is 0. The van der Waals surface area contributed by atoms with Gasteiger partial charge in [0.2, 0.25) is 10.0 Å². The summed E-state index contributed by atoms with van der Waals surface area (Å²) in [6.45, 7) is 0. The van der Waals surface area contributed by atoms with E-state index in [2.05, 4.69) is 0 Å². The second kappa shape index (κ2) is 5.45. The largest absolute Gasteiger partial charge is 0.497 e. The van der Waals surface area contributed by atoms with Gasteiger partial charge in [0.05, 0.1) is 18.2 Å². The van der Waals surface area contributed by atoms with Crippen molar-refractivity contribution >= 4 is 25.7 Å². The van der Waals surface area contributed by atoms with Crippen LogP contribution >= 0.6 is 0 Å². The van der Waals surface area contributed by atoms with Crippen LogP contribution in [0, 0.1) is 0 Å². The average Bonchev–Trinajstić information content (AvgIpc) is 2.80. The Bertz CT molecular complexity index is 687. The van der Waals surface area contributed by atoms with Gasteiger partial charge < -0.3 is 4.74 Å². The summed E-state index contributed by atoms with van der Waals surface area (Å²) in [5.74, 6) is -0.387. The van der Waals surface area contributed by atoms with Crippen molar-refractivity contribution in [1.82, 2.24) is 0 Å². The molecule has 110 valence electrons. The molecule has 0 spiro atoms. The topological polar surface area (TPSA) is 80.8 Å². The fraction of sp³-hybridized carbons (Fsp3) is 0.333. The molecular formula is C12H15NO5S2. The molecule has 0 amide bonds. The molecular weight excluding hydrogens is 302 g/mol. The molecule has 8 heteroatoms. The lowest BCUT2D eigenvalue weighted by molar-refractivity contribution is 0.191. The van der Waals surface area contributed by atoms with E-state index in [1.54, 1.807) is 24.3 Å². The Labute approximate surface area is 118 Å². The van der Waals surface area contributed by atoms with Gasteiger partial charge >= 0.3 is 0 Å². The van der Waals surface area contributed by atoms with Crippen LogP contribution < -0.4 is 3.71 Å². The van der Waals surface area contributed by atoms with Crippen molar-refractivity contribution in [3.8, 4) is 0 Å². The Morgan fingerprint density at radius 1 is 1.20 bits per heavy atom. The first-order valence-corrected chi connectivity index (χ1v) is 9.35. The van der Waals surface area contributed by atoms with Crippen LogP contribution in [0.15, 0.2) is 42.7 Å². The Balaban J connectivity index is 2.36. The number of anilines is 1. The van der Waals surface area contributed by atoms with Crippen molar-refractivity contribution in [2.75, 3.05) is 15.7 Å². The minimum Gasteiger partial charge on any atom is -0.497 e. The lowest BCUT2D eigenvalue weighted by atomic mass is 10.3. The summed E-state index contributed by atoms with van der Waals surface area (Å²) in [6, 6.07) is 7.71. The third-order valence-corrected chi connectivity index (χ3v) is 6.50. The number of sulfonamides is 2. The van der Waals surface area contributed by atoms with Gasteiger partial charge in [-0.3, -0.25) is 0 Å². The average molecular weight is 317 g/mol. The molecule has 0 saturated carbocycles. The van der Waals surface area contributed by atoms with Gasteiger partial charge in [0.25, 0.3) is 10.0 Å². The van der Waals surface area contributed by atoms with Crippen molar-refractivity contribution < 1.29 is 21.6 Å². The SMILES string of the molecule is CS(=O)(=O)N(c1ccccc1)S(=O)(=O)CC1CC=CO1. The summed E-state index contributed by atoms with van der Waals surface area (Å²) in [4.78, 5) is 0. The van der Waals surface area contributed by atoms with E-state index < -0.39 is 26.2 Å². The van der Waals surface area contributed by atoms with Gasteiger partial charge in [-0.05, 0) is 18.2 Å². The van der Waals surface area contributed by atoms with E-state index >= 15 is 0 Å². The molecule has 0 bridgehead atoms. The van der Waals surface area contributed by atoms with Crippen molar-refractivity contribution in [3.05, 3.63) is 42.7 Å². The van der Waals surface area contributed by atoms with Crippen molar-refractivity contribution in [3.63, 3.8) is 0 Å². The zero-order valence-corrected chi connectivity index (χ0v) is 12.5. The highest BCUT2D eigenvalue weighted by molar-refractivity contribution is 8.09. The molecule has 1 atom stereocenters. The molecule has 0 aliphatic carbocycles. The third kappa shape index (κ3) is 3.31. The number of rotatable bonds is 5. The van der Waals surface area contributed by atoms with Crippen molar-refractivity contribution in [2.45, 2.75) is 12.5 Å². The maximum Gasteiger partial charge on any atom is 0.251 e. The van der Waals surface area contributed by atoms with Gasteiger partial charge in [0.15, 0.2) is 0 Å². The van der Waals surface area contributed by atoms with Crippen LogP contribution in [-0.2, 0) is 24.8 Å². The molecule has 1 unspecified atom stereocenters. The van der Waals surface area contributed by atoms with Crippen LogP contribution in [0.5, 0.6) is 0 Å². The van der Waals surface area contributed by atoms with Crippen LogP contribution in [0.4, 0.5) is 5.69 Å². The first kappa shape index (κ1) is 14.9. The molecule has 1 heterocycles. The van der Waals surface area contributed by atoms with Crippen LogP contribution in [0.25, 0.3) is 0 Å². The quantitative estimate of drug-likeness (QED) is 0.812. The summed E-state index contributed by atoms with van der Waals surface area (Å²) in [5.41, 5.74) is 0.0981.